The highest BCUT2D eigenvalue weighted by Crippen LogP contribution is 2.32. The van der Waals surface area contributed by atoms with Crippen molar-refractivity contribution in [3.63, 3.8) is 0 Å². The summed E-state index contributed by atoms with van der Waals surface area (Å²) in [5.41, 5.74) is 1.69. The number of carbonyl (C=O) groups is 1. The van der Waals surface area contributed by atoms with Gasteiger partial charge in [0.25, 0.3) is 10.0 Å². The monoisotopic (exact) mass is 612 g/mol. The molecule has 206 valence electrons. The first-order chi connectivity index (χ1) is 18.6. The number of halogens is 1. The van der Waals surface area contributed by atoms with Crippen LogP contribution in [0.25, 0.3) is 17.3 Å². The maximum Gasteiger partial charge on any atom is 0.313 e. The minimum atomic E-state index is -4.04. The Hall–Kier alpha value is -3.24. The zero-order valence-electron chi connectivity index (χ0n) is 22.4. The van der Waals surface area contributed by atoms with E-state index in [1.54, 1.807) is 31.2 Å². The van der Waals surface area contributed by atoms with Crippen LogP contribution in [0.5, 0.6) is 0 Å². The molecule has 4 bridgehead atoms. The van der Waals surface area contributed by atoms with E-state index in [0.29, 0.717) is 31.2 Å². The van der Waals surface area contributed by atoms with Crippen molar-refractivity contribution in [1.82, 2.24) is 9.97 Å². The average Bonchev–Trinajstić information content (AvgIpc) is 2.91. The minimum absolute atomic E-state index is 0.128. The third kappa shape index (κ3) is 7.05. The Bertz CT molecular complexity index is 1470. The minimum Gasteiger partial charge on any atom is -0.466 e. The summed E-state index contributed by atoms with van der Waals surface area (Å²) in [6.07, 6.45) is 6.82. The van der Waals surface area contributed by atoms with Gasteiger partial charge in [0, 0.05) is 23.1 Å². The lowest BCUT2D eigenvalue weighted by atomic mass is 9.92. The summed E-state index contributed by atoms with van der Waals surface area (Å²) in [6.45, 7) is 6.66. The van der Waals surface area contributed by atoms with Gasteiger partial charge in [0.05, 0.1) is 17.7 Å². The number of esters is 1. The SMILES string of the molecule is CCOC(=O)C(C)(C)CN1CCCC/C=C/c2ccccc2-c2nc(ccc2Br)NS(=O)(=O)c2cccc1n2. The molecular formula is C29H33BrN4O4S. The van der Waals surface area contributed by atoms with Gasteiger partial charge in [0.15, 0.2) is 5.03 Å². The molecule has 1 aliphatic rings. The molecule has 4 rings (SSSR count). The summed E-state index contributed by atoms with van der Waals surface area (Å²) < 4.78 is 35.4. The normalized spacial score (nSPS) is 16.4. The van der Waals surface area contributed by atoms with Gasteiger partial charge in [-0.15, -0.1) is 0 Å². The number of ether oxygens (including phenoxy) is 1. The molecule has 0 saturated heterocycles. The molecule has 1 N–H and O–H groups in total. The molecule has 1 aliphatic heterocycles. The molecular weight excluding hydrogens is 580 g/mol. The second kappa shape index (κ2) is 12.3. The van der Waals surface area contributed by atoms with Gasteiger partial charge in [-0.2, -0.15) is 8.42 Å². The number of anilines is 2. The Kier molecular flexibility index (Phi) is 9.07. The number of rotatable bonds is 4. The highest BCUT2D eigenvalue weighted by molar-refractivity contribution is 9.10. The van der Waals surface area contributed by atoms with E-state index in [9.17, 15) is 13.2 Å². The molecule has 0 amide bonds. The molecule has 3 aromatic rings. The molecule has 3 heterocycles. The predicted molar refractivity (Wildman–Crippen MR) is 158 cm³/mol. The zero-order chi connectivity index (χ0) is 28.0. The molecule has 0 saturated carbocycles. The van der Waals surface area contributed by atoms with Gasteiger partial charge < -0.3 is 9.64 Å². The smallest absolute Gasteiger partial charge is 0.313 e. The van der Waals surface area contributed by atoms with Crippen molar-refractivity contribution in [2.75, 3.05) is 29.3 Å². The van der Waals surface area contributed by atoms with Crippen LogP contribution >= 0.6 is 15.9 Å². The molecule has 0 atom stereocenters. The molecule has 10 heteroatoms. The van der Waals surface area contributed by atoms with Crippen molar-refractivity contribution in [2.45, 2.75) is 45.1 Å². The van der Waals surface area contributed by atoms with Crippen molar-refractivity contribution >= 4 is 49.6 Å². The number of hydrogen-bond donors (Lipinski definition) is 1. The summed E-state index contributed by atoms with van der Waals surface area (Å²) in [7, 11) is -4.04. The lowest BCUT2D eigenvalue weighted by molar-refractivity contribution is -0.152. The Morgan fingerprint density at radius 1 is 1.08 bits per heavy atom. The molecule has 1 aromatic carbocycles. The van der Waals surface area contributed by atoms with Crippen LogP contribution in [0.1, 0.15) is 45.6 Å². The van der Waals surface area contributed by atoms with E-state index in [4.69, 9.17) is 4.74 Å². The molecule has 0 spiro atoms. The largest absolute Gasteiger partial charge is 0.466 e. The third-order valence-electron chi connectivity index (χ3n) is 6.37. The van der Waals surface area contributed by atoms with Crippen LogP contribution in [0.4, 0.5) is 11.6 Å². The Labute approximate surface area is 238 Å². The highest BCUT2D eigenvalue weighted by Gasteiger charge is 2.32. The van der Waals surface area contributed by atoms with Gasteiger partial charge in [0.1, 0.15) is 11.6 Å². The molecule has 0 aliphatic carbocycles. The van der Waals surface area contributed by atoms with Crippen molar-refractivity contribution < 1.29 is 17.9 Å². The fourth-order valence-electron chi connectivity index (χ4n) is 4.38. The van der Waals surface area contributed by atoms with Crippen LogP contribution in [-0.2, 0) is 19.6 Å². The van der Waals surface area contributed by atoms with Gasteiger partial charge in [-0.25, -0.2) is 9.97 Å². The fraction of sp³-hybridized carbons (Fsp3) is 0.345. The maximum atomic E-state index is 13.4. The van der Waals surface area contributed by atoms with E-state index in [1.165, 1.54) is 6.07 Å². The van der Waals surface area contributed by atoms with Crippen molar-refractivity contribution in [3.8, 4) is 11.3 Å². The molecule has 0 fully saturated rings. The standard InChI is InChI=1S/C29H33BrN4O4S/c1-4-38-28(35)29(2,3)20-34-19-10-6-5-7-12-21-13-8-9-14-22(21)27-23(30)17-18-24(31-27)33-39(36,37)26-16-11-15-25(34)32-26/h7-9,11-18H,4-6,10,19-20H2,1-3H3,(H,31,33)/b12-7+. The number of fused-ring (bicyclic) bond motifs is 6. The molecule has 0 radical (unpaired) electrons. The molecule has 8 nitrogen and oxygen atoms in total. The number of benzene rings is 1. The van der Waals surface area contributed by atoms with Crippen LogP contribution in [0, 0.1) is 5.41 Å². The van der Waals surface area contributed by atoms with Crippen LogP contribution in [0.2, 0.25) is 0 Å². The zero-order valence-corrected chi connectivity index (χ0v) is 24.8. The summed E-state index contributed by atoms with van der Waals surface area (Å²) in [5.74, 6) is 0.355. The Morgan fingerprint density at radius 3 is 2.67 bits per heavy atom. The summed E-state index contributed by atoms with van der Waals surface area (Å²) >= 11 is 3.57. The van der Waals surface area contributed by atoms with E-state index in [-0.39, 0.29) is 16.8 Å². The van der Waals surface area contributed by atoms with E-state index in [1.807, 2.05) is 43.0 Å². The predicted octanol–water partition coefficient (Wildman–Crippen LogP) is 6.30. The number of aromatic nitrogens is 2. The second-order valence-electron chi connectivity index (χ2n) is 9.98. The van der Waals surface area contributed by atoms with Crippen molar-refractivity contribution in [1.29, 1.82) is 0 Å². The van der Waals surface area contributed by atoms with E-state index in [0.717, 1.165) is 34.9 Å². The number of pyridine rings is 2. The molecule has 2 aromatic heterocycles. The van der Waals surface area contributed by atoms with Gasteiger partial charge in [-0.05, 0) is 85.8 Å². The Balaban J connectivity index is 1.76. The summed E-state index contributed by atoms with van der Waals surface area (Å²) in [4.78, 5) is 23.8. The number of carbonyl (C=O) groups excluding carboxylic acids is 1. The first kappa shape index (κ1) is 28.8. The number of sulfonamides is 1. The van der Waals surface area contributed by atoms with Crippen LogP contribution < -0.4 is 9.62 Å². The van der Waals surface area contributed by atoms with Crippen LogP contribution in [0.15, 0.2) is 70.2 Å². The Morgan fingerprint density at radius 2 is 1.87 bits per heavy atom. The lowest BCUT2D eigenvalue weighted by Gasteiger charge is -2.32. The lowest BCUT2D eigenvalue weighted by Crippen LogP contribution is -2.41. The van der Waals surface area contributed by atoms with Gasteiger partial charge in [-0.1, -0.05) is 42.5 Å². The van der Waals surface area contributed by atoms with Gasteiger partial charge >= 0.3 is 5.97 Å². The van der Waals surface area contributed by atoms with E-state index < -0.39 is 15.4 Å². The molecule has 39 heavy (non-hydrogen) atoms. The van der Waals surface area contributed by atoms with E-state index in [2.05, 4.69) is 42.8 Å². The molecule has 0 unspecified atom stereocenters. The van der Waals surface area contributed by atoms with Crippen molar-refractivity contribution in [3.05, 3.63) is 70.7 Å². The first-order valence-corrected chi connectivity index (χ1v) is 15.2. The van der Waals surface area contributed by atoms with Gasteiger partial charge in [0.2, 0.25) is 0 Å². The second-order valence-corrected chi connectivity index (χ2v) is 12.5. The fourth-order valence-corrected chi connectivity index (χ4v) is 5.78. The van der Waals surface area contributed by atoms with Crippen LogP contribution in [0.3, 0.4) is 0 Å². The summed E-state index contributed by atoms with van der Waals surface area (Å²) in [5, 5.41) is -0.128. The average molecular weight is 614 g/mol. The maximum absolute atomic E-state index is 13.4. The van der Waals surface area contributed by atoms with Crippen molar-refractivity contribution in [2.24, 2.45) is 5.41 Å². The number of allylic oxidation sites excluding steroid dienone is 1. The summed E-state index contributed by atoms with van der Waals surface area (Å²) in [6, 6.07) is 16.1. The number of hydrogen-bond acceptors (Lipinski definition) is 7. The highest BCUT2D eigenvalue weighted by atomic mass is 79.9. The number of nitrogens with zero attached hydrogens (tertiary/aromatic N) is 3. The topological polar surface area (TPSA) is 101 Å². The quantitative estimate of drug-likeness (QED) is 0.345. The van der Waals surface area contributed by atoms with Gasteiger partial charge in [-0.3, -0.25) is 9.52 Å². The number of nitrogens with one attached hydrogen (secondary N) is 1. The third-order valence-corrected chi connectivity index (χ3v) is 8.27. The van der Waals surface area contributed by atoms with Crippen LogP contribution in [-0.4, -0.2) is 44.1 Å². The van der Waals surface area contributed by atoms with E-state index >= 15 is 0 Å². The first-order valence-electron chi connectivity index (χ1n) is 13.0.